The second-order valence-electron chi connectivity index (χ2n) is 6.26. The third-order valence-electron chi connectivity index (χ3n) is 4.66. The summed E-state index contributed by atoms with van der Waals surface area (Å²) >= 11 is 0. The highest BCUT2D eigenvalue weighted by molar-refractivity contribution is 5.23. The molecule has 1 aromatic rings. The number of nitrogens with one attached hydrogen (secondary N) is 1. The molecule has 0 spiro atoms. The van der Waals surface area contributed by atoms with Crippen LogP contribution in [0.5, 0.6) is 0 Å². The first-order valence-corrected chi connectivity index (χ1v) is 7.87. The zero-order chi connectivity index (χ0) is 13.1. The maximum atomic E-state index is 3.49. The Bertz CT molecular complexity index is 415. The van der Waals surface area contributed by atoms with Gasteiger partial charge in [-0.2, -0.15) is 0 Å². The van der Waals surface area contributed by atoms with Crippen LogP contribution in [-0.2, 0) is 13.1 Å². The standard InChI is InChI=1S/C17H26N2/c1-2-8-18-11-14-4-3-5-15(9-14)12-19-13-16-6-7-17(19)10-16/h3-5,9,16-18H,2,6-8,10-13H2,1H3. The number of piperidine rings is 1. The van der Waals surface area contributed by atoms with Gasteiger partial charge < -0.3 is 5.32 Å². The van der Waals surface area contributed by atoms with Gasteiger partial charge in [-0.15, -0.1) is 0 Å². The minimum atomic E-state index is 0.881. The van der Waals surface area contributed by atoms with Crippen molar-refractivity contribution in [3.63, 3.8) is 0 Å². The summed E-state index contributed by atoms with van der Waals surface area (Å²) in [6.07, 6.45) is 5.57. The van der Waals surface area contributed by atoms with Crippen LogP contribution in [0.25, 0.3) is 0 Å². The fourth-order valence-corrected chi connectivity index (χ4v) is 3.70. The van der Waals surface area contributed by atoms with Crippen molar-refractivity contribution in [2.24, 2.45) is 5.92 Å². The van der Waals surface area contributed by atoms with Gasteiger partial charge in [-0.25, -0.2) is 0 Å². The molecule has 1 heterocycles. The molecule has 104 valence electrons. The highest BCUT2D eigenvalue weighted by atomic mass is 15.2. The molecule has 2 heteroatoms. The molecule has 1 aliphatic heterocycles. The summed E-state index contributed by atoms with van der Waals surface area (Å²) in [5.74, 6) is 0.999. The van der Waals surface area contributed by atoms with E-state index in [-0.39, 0.29) is 0 Å². The van der Waals surface area contributed by atoms with Gasteiger partial charge in [0.05, 0.1) is 0 Å². The van der Waals surface area contributed by atoms with Crippen molar-refractivity contribution in [3.05, 3.63) is 35.4 Å². The predicted molar refractivity (Wildman–Crippen MR) is 80.0 cm³/mol. The van der Waals surface area contributed by atoms with Gasteiger partial charge in [-0.3, -0.25) is 4.90 Å². The van der Waals surface area contributed by atoms with E-state index in [9.17, 15) is 0 Å². The van der Waals surface area contributed by atoms with E-state index in [1.165, 1.54) is 43.4 Å². The second kappa shape index (κ2) is 6.06. The topological polar surface area (TPSA) is 15.3 Å². The predicted octanol–water partition coefficient (Wildman–Crippen LogP) is 3.17. The number of rotatable bonds is 6. The number of hydrogen-bond acceptors (Lipinski definition) is 2. The molecule has 0 amide bonds. The molecule has 2 unspecified atom stereocenters. The molecule has 19 heavy (non-hydrogen) atoms. The summed E-state index contributed by atoms with van der Waals surface area (Å²) in [4.78, 5) is 2.70. The van der Waals surface area contributed by atoms with Crippen molar-refractivity contribution >= 4 is 0 Å². The lowest BCUT2D eigenvalue weighted by atomic mass is 10.1. The molecule has 1 aromatic carbocycles. The summed E-state index contributed by atoms with van der Waals surface area (Å²) in [6.45, 7) is 6.82. The van der Waals surface area contributed by atoms with E-state index < -0.39 is 0 Å². The molecule has 2 nitrogen and oxygen atoms in total. The lowest BCUT2D eigenvalue weighted by molar-refractivity contribution is 0.205. The number of likely N-dealkylation sites (tertiary alicyclic amines) is 1. The lowest BCUT2D eigenvalue weighted by Gasteiger charge is -2.26. The van der Waals surface area contributed by atoms with Gasteiger partial charge in [0.2, 0.25) is 0 Å². The van der Waals surface area contributed by atoms with E-state index in [0.717, 1.165) is 31.6 Å². The van der Waals surface area contributed by atoms with E-state index in [4.69, 9.17) is 0 Å². The molecule has 3 rings (SSSR count). The van der Waals surface area contributed by atoms with Gasteiger partial charge in [-0.05, 0) is 49.3 Å². The van der Waals surface area contributed by atoms with E-state index in [1.807, 2.05) is 0 Å². The van der Waals surface area contributed by atoms with Crippen LogP contribution >= 0.6 is 0 Å². The summed E-state index contributed by atoms with van der Waals surface area (Å²) in [6, 6.07) is 10.0. The van der Waals surface area contributed by atoms with Crippen molar-refractivity contribution < 1.29 is 0 Å². The lowest BCUT2D eigenvalue weighted by Crippen LogP contribution is -2.31. The third-order valence-corrected chi connectivity index (χ3v) is 4.66. The molecule has 0 aromatic heterocycles. The highest BCUT2D eigenvalue weighted by Gasteiger charge is 2.37. The van der Waals surface area contributed by atoms with Gasteiger partial charge in [0.1, 0.15) is 0 Å². The molecular formula is C17H26N2. The largest absolute Gasteiger partial charge is 0.313 e. The Morgan fingerprint density at radius 3 is 2.89 bits per heavy atom. The zero-order valence-electron chi connectivity index (χ0n) is 12.1. The molecule has 2 bridgehead atoms. The molecule has 1 saturated carbocycles. The normalized spacial score (nSPS) is 26.2. The molecule has 1 N–H and O–H groups in total. The van der Waals surface area contributed by atoms with Crippen molar-refractivity contribution in [2.45, 2.75) is 51.7 Å². The van der Waals surface area contributed by atoms with E-state index in [0.29, 0.717) is 0 Å². The highest BCUT2D eigenvalue weighted by Crippen LogP contribution is 2.38. The van der Waals surface area contributed by atoms with Crippen molar-refractivity contribution in [1.82, 2.24) is 10.2 Å². The molecule has 2 fully saturated rings. The fourth-order valence-electron chi connectivity index (χ4n) is 3.70. The van der Waals surface area contributed by atoms with Gasteiger partial charge in [0, 0.05) is 25.7 Å². The molecule has 0 radical (unpaired) electrons. The van der Waals surface area contributed by atoms with Crippen LogP contribution in [-0.4, -0.2) is 24.0 Å². The van der Waals surface area contributed by atoms with Crippen LogP contribution in [0.2, 0.25) is 0 Å². The smallest absolute Gasteiger partial charge is 0.0236 e. The summed E-state index contributed by atoms with van der Waals surface area (Å²) in [5.41, 5.74) is 2.92. The number of benzene rings is 1. The van der Waals surface area contributed by atoms with Gasteiger partial charge in [0.25, 0.3) is 0 Å². The maximum absolute atomic E-state index is 3.49. The quantitative estimate of drug-likeness (QED) is 0.788. The average molecular weight is 258 g/mol. The van der Waals surface area contributed by atoms with Crippen LogP contribution in [0.1, 0.15) is 43.7 Å². The number of hydrogen-bond donors (Lipinski definition) is 1. The van der Waals surface area contributed by atoms with E-state index in [1.54, 1.807) is 0 Å². The van der Waals surface area contributed by atoms with Crippen LogP contribution in [0.4, 0.5) is 0 Å². The first kappa shape index (κ1) is 13.1. The van der Waals surface area contributed by atoms with Crippen LogP contribution < -0.4 is 5.32 Å². The molecular weight excluding hydrogens is 232 g/mol. The van der Waals surface area contributed by atoms with Crippen LogP contribution in [0, 0.1) is 5.92 Å². The van der Waals surface area contributed by atoms with Crippen molar-refractivity contribution in [2.75, 3.05) is 13.1 Å². The Labute approximate surface area is 117 Å². The van der Waals surface area contributed by atoms with Crippen molar-refractivity contribution in [3.8, 4) is 0 Å². The molecule has 2 atom stereocenters. The molecule has 2 aliphatic rings. The van der Waals surface area contributed by atoms with Crippen LogP contribution in [0.3, 0.4) is 0 Å². The SMILES string of the molecule is CCCNCc1cccc(CN2CC3CCC2C3)c1. The number of nitrogens with zero attached hydrogens (tertiary/aromatic N) is 1. The Kier molecular flexibility index (Phi) is 4.19. The fraction of sp³-hybridized carbons (Fsp3) is 0.647. The van der Waals surface area contributed by atoms with E-state index in [2.05, 4.69) is 41.4 Å². The molecule has 1 saturated heterocycles. The molecule has 1 aliphatic carbocycles. The maximum Gasteiger partial charge on any atom is 0.0236 e. The van der Waals surface area contributed by atoms with Gasteiger partial charge in [0.15, 0.2) is 0 Å². The average Bonchev–Trinajstić information content (AvgIpc) is 3.02. The van der Waals surface area contributed by atoms with Gasteiger partial charge in [-0.1, -0.05) is 31.2 Å². The minimum absolute atomic E-state index is 0.881. The van der Waals surface area contributed by atoms with Crippen molar-refractivity contribution in [1.29, 1.82) is 0 Å². The summed E-state index contributed by atoms with van der Waals surface area (Å²) < 4.78 is 0. The van der Waals surface area contributed by atoms with Crippen LogP contribution in [0.15, 0.2) is 24.3 Å². The Hall–Kier alpha value is -0.860. The Morgan fingerprint density at radius 2 is 2.16 bits per heavy atom. The summed E-state index contributed by atoms with van der Waals surface area (Å²) in [5, 5.41) is 3.49. The zero-order valence-corrected chi connectivity index (χ0v) is 12.1. The first-order valence-electron chi connectivity index (χ1n) is 7.87. The minimum Gasteiger partial charge on any atom is -0.313 e. The third kappa shape index (κ3) is 3.18. The summed E-state index contributed by atoms with van der Waals surface area (Å²) in [7, 11) is 0. The Balaban J connectivity index is 1.57. The van der Waals surface area contributed by atoms with E-state index >= 15 is 0 Å². The second-order valence-corrected chi connectivity index (χ2v) is 6.26. The monoisotopic (exact) mass is 258 g/mol. The first-order chi connectivity index (χ1) is 9.35. The van der Waals surface area contributed by atoms with Gasteiger partial charge >= 0.3 is 0 Å². The number of fused-ring (bicyclic) bond motifs is 2. The Morgan fingerprint density at radius 1 is 1.26 bits per heavy atom.